The Morgan fingerprint density at radius 1 is 1.10 bits per heavy atom. The maximum absolute atomic E-state index is 10.6. The van der Waals surface area contributed by atoms with Crippen LogP contribution < -0.4 is 9.47 Å². The van der Waals surface area contributed by atoms with Crippen molar-refractivity contribution in [3.63, 3.8) is 0 Å². The first-order valence-electron chi connectivity index (χ1n) is 6.79. The fraction of sp³-hybridized carbons (Fsp3) is 0.294. The highest BCUT2D eigenvalue weighted by molar-refractivity contribution is 9.10. The summed E-state index contributed by atoms with van der Waals surface area (Å²) in [7, 11) is 3.17. The van der Waals surface area contributed by atoms with Crippen LogP contribution in [0, 0.1) is 0 Å². The second-order valence-corrected chi connectivity index (χ2v) is 5.58. The largest absolute Gasteiger partial charge is 0.493 e. The van der Waals surface area contributed by atoms with Crippen LogP contribution in [0.3, 0.4) is 0 Å². The normalized spacial score (nSPS) is 12.0. The van der Waals surface area contributed by atoms with Gasteiger partial charge in [0.15, 0.2) is 11.5 Å². The number of aliphatic hydroxyl groups excluding tert-OH is 1. The Bertz CT molecular complexity index is 625. The van der Waals surface area contributed by atoms with Crippen molar-refractivity contribution < 1.29 is 14.6 Å². The van der Waals surface area contributed by atoms with Crippen molar-refractivity contribution in [2.24, 2.45) is 0 Å². The van der Waals surface area contributed by atoms with Gasteiger partial charge in [-0.25, -0.2) is 0 Å². The molecule has 0 saturated heterocycles. The first-order valence-corrected chi connectivity index (χ1v) is 7.58. The van der Waals surface area contributed by atoms with Crippen LogP contribution in [-0.2, 0) is 6.42 Å². The number of halogens is 1. The number of methoxy groups -OCH3 is 2. The van der Waals surface area contributed by atoms with E-state index in [1.54, 1.807) is 26.4 Å². The zero-order valence-corrected chi connectivity index (χ0v) is 14.0. The van der Waals surface area contributed by atoms with Gasteiger partial charge in [0.25, 0.3) is 0 Å². The molecule has 2 aromatic rings. The average molecular weight is 351 g/mol. The Kier molecular flexibility index (Phi) is 5.26. The molecule has 0 amide bonds. The molecular formula is C17H19BrO3. The predicted octanol–water partition coefficient (Wildman–Crippen LogP) is 4.11. The summed E-state index contributed by atoms with van der Waals surface area (Å²) in [6.45, 7) is 2.10. The summed E-state index contributed by atoms with van der Waals surface area (Å²) in [6, 6.07) is 11.6. The molecule has 0 bridgehead atoms. The van der Waals surface area contributed by atoms with Gasteiger partial charge in [-0.05, 0) is 29.7 Å². The van der Waals surface area contributed by atoms with Gasteiger partial charge in [0.1, 0.15) is 6.10 Å². The highest BCUT2D eigenvalue weighted by atomic mass is 79.9. The minimum absolute atomic E-state index is 0.599. The molecule has 112 valence electrons. The Balaban J connectivity index is 2.44. The summed E-state index contributed by atoms with van der Waals surface area (Å²) in [5.74, 6) is 1.23. The third kappa shape index (κ3) is 3.39. The monoisotopic (exact) mass is 350 g/mol. The molecule has 2 aromatic carbocycles. The van der Waals surface area contributed by atoms with Gasteiger partial charge in [-0.15, -0.1) is 0 Å². The van der Waals surface area contributed by atoms with Gasteiger partial charge in [0, 0.05) is 10.0 Å². The van der Waals surface area contributed by atoms with Crippen LogP contribution in [0.1, 0.15) is 29.7 Å². The van der Waals surface area contributed by atoms with Crippen LogP contribution in [0.2, 0.25) is 0 Å². The van der Waals surface area contributed by atoms with Crippen molar-refractivity contribution in [1.29, 1.82) is 0 Å². The third-order valence-electron chi connectivity index (χ3n) is 3.47. The van der Waals surface area contributed by atoms with E-state index in [0.29, 0.717) is 11.5 Å². The Labute approximate surface area is 133 Å². The van der Waals surface area contributed by atoms with Crippen LogP contribution >= 0.6 is 15.9 Å². The van der Waals surface area contributed by atoms with Crippen molar-refractivity contribution in [1.82, 2.24) is 0 Å². The highest BCUT2D eigenvalue weighted by Crippen LogP contribution is 2.38. The van der Waals surface area contributed by atoms with Gasteiger partial charge >= 0.3 is 0 Å². The molecule has 1 atom stereocenters. The van der Waals surface area contributed by atoms with Crippen LogP contribution in [0.15, 0.2) is 40.9 Å². The molecule has 1 N–H and O–H groups in total. The minimum atomic E-state index is -0.717. The molecular weight excluding hydrogens is 332 g/mol. The maximum Gasteiger partial charge on any atom is 0.161 e. The zero-order chi connectivity index (χ0) is 15.4. The van der Waals surface area contributed by atoms with Crippen molar-refractivity contribution in [2.45, 2.75) is 19.4 Å². The van der Waals surface area contributed by atoms with E-state index in [2.05, 4.69) is 28.9 Å². The third-order valence-corrected chi connectivity index (χ3v) is 4.16. The minimum Gasteiger partial charge on any atom is -0.493 e. The quantitative estimate of drug-likeness (QED) is 0.881. The first-order chi connectivity index (χ1) is 10.1. The Morgan fingerprint density at radius 2 is 1.76 bits per heavy atom. The molecule has 0 aliphatic carbocycles. The molecule has 0 aliphatic heterocycles. The molecule has 21 heavy (non-hydrogen) atoms. The summed E-state index contributed by atoms with van der Waals surface area (Å²) >= 11 is 3.49. The van der Waals surface area contributed by atoms with Gasteiger partial charge in [-0.1, -0.05) is 47.1 Å². The average Bonchev–Trinajstić information content (AvgIpc) is 2.53. The summed E-state index contributed by atoms with van der Waals surface area (Å²) in [6.07, 6.45) is 0.221. The lowest BCUT2D eigenvalue weighted by atomic mass is 9.98. The van der Waals surface area contributed by atoms with E-state index in [-0.39, 0.29) is 0 Å². The molecule has 2 rings (SSSR count). The predicted molar refractivity (Wildman–Crippen MR) is 87.1 cm³/mol. The summed E-state index contributed by atoms with van der Waals surface area (Å²) in [5, 5.41) is 10.6. The van der Waals surface area contributed by atoms with Crippen molar-refractivity contribution in [3.05, 3.63) is 57.6 Å². The van der Waals surface area contributed by atoms with Crippen molar-refractivity contribution >= 4 is 15.9 Å². The van der Waals surface area contributed by atoms with Crippen LogP contribution in [0.25, 0.3) is 0 Å². The molecule has 0 fully saturated rings. The number of aliphatic hydroxyl groups is 1. The van der Waals surface area contributed by atoms with Crippen molar-refractivity contribution in [3.8, 4) is 11.5 Å². The number of benzene rings is 2. The van der Waals surface area contributed by atoms with E-state index in [1.807, 2.05) is 18.2 Å². The molecule has 0 aromatic heterocycles. The second kappa shape index (κ2) is 6.96. The molecule has 0 aliphatic rings. The number of aryl methyl sites for hydroxylation is 1. The van der Waals surface area contributed by atoms with E-state index < -0.39 is 6.10 Å². The fourth-order valence-corrected chi connectivity index (χ4v) is 2.78. The van der Waals surface area contributed by atoms with E-state index >= 15 is 0 Å². The van der Waals surface area contributed by atoms with Gasteiger partial charge < -0.3 is 14.6 Å². The standard InChI is InChI=1S/C17H19BrO3/c1-4-11-6-5-7-12(8-11)17(19)13-9-15(20-2)16(21-3)10-14(13)18/h5-10,17,19H,4H2,1-3H3. The smallest absolute Gasteiger partial charge is 0.161 e. The number of ether oxygens (including phenoxy) is 2. The lowest BCUT2D eigenvalue weighted by molar-refractivity contribution is 0.218. The molecule has 1 unspecified atom stereocenters. The lowest BCUT2D eigenvalue weighted by Crippen LogP contribution is -2.03. The molecule has 0 spiro atoms. The van der Waals surface area contributed by atoms with Crippen molar-refractivity contribution in [2.75, 3.05) is 14.2 Å². The zero-order valence-electron chi connectivity index (χ0n) is 12.4. The Morgan fingerprint density at radius 3 is 2.38 bits per heavy atom. The summed E-state index contributed by atoms with van der Waals surface area (Å²) in [4.78, 5) is 0. The van der Waals surface area contributed by atoms with E-state index in [9.17, 15) is 5.11 Å². The van der Waals surface area contributed by atoms with Crippen LogP contribution in [0.4, 0.5) is 0 Å². The van der Waals surface area contributed by atoms with Crippen LogP contribution in [-0.4, -0.2) is 19.3 Å². The fourth-order valence-electron chi connectivity index (χ4n) is 2.24. The molecule has 0 radical (unpaired) electrons. The number of hydrogen-bond donors (Lipinski definition) is 1. The Hall–Kier alpha value is -1.52. The topological polar surface area (TPSA) is 38.7 Å². The number of hydrogen-bond acceptors (Lipinski definition) is 3. The molecule has 4 heteroatoms. The summed E-state index contributed by atoms with van der Waals surface area (Å²) < 4.78 is 11.3. The van der Waals surface area contributed by atoms with E-state index in [0.717, 1.165) is 22.0 Å². The first kappa shape index (κ1) is 15.9. The molecule has 3 nitrogen and oxygen atoms in total. The lowest BCUT2D eigenvalue weighted by Gasteiger charge is -2.17. The summed E-state index contributed by atoms with van der Waals surface area (Å²) in [5.41, 5.74) is 2.81. The molecule has 0 saturated carbocycles. The SMILES string of the molecule is CCc1cccc(C(O)c2cc(OC)c(OC)cc2Br)c1. The van der Waals surface area contributed by atoms with Gasteiger partial charge in [0.05, 0.1) is 14.2 Å². The van der Waals surface area contributed by atoms with E-state index in [1.165, 1.54) is 5.56 Å². The van der Waals surface area contributed by atoms with Crippen LogP contribution in [0.5, 0.6) is 11.5 Å². The number of rotatable bonds is 5. The van der Waals surface area contributed by atoms with E-state index in [4.69, 9.17) is 9.47 Å². The molecule has 0 heterocycles. The second-order valence-electron chi connectivity index (χ2n) is 4.73. The highest BCUT2D eigenvalue weighted by Gasteiger charge is 2.18. The van der Waals surface area contributed by atoms with Gasteiger partial charge in [-0.2, -0.15) is 0 Å². The van der Waals surface area contributed by atoms with Gasteiger partial charge in [-0.3, -0.25) is 0 Å². The maximum atomic E-state index is 10.6. The van der Waals surface area contributed by atoms with Gasteiger partial charge in [0.2, 0.25) is 0 Å².